The molecule has 0 bridgehead atoms. The van der Waals surface area contributed by atoms with Crippen molar-refractivity contribution in [2.75, 3.05) is 19.7 Å². The first-order chi connectivity index (χ1) is 9.72. The fourth-order valence-corrected chi connectivity index (χ4v) is 2.68. The number of nitrogens with zero attached hydrogens (tertiary/aromatic N) is 3. The molecule has 1 aromatic heterocycles. The van der Waals surface area contributed by atoms with Gasteiger partial charge in [-0.05, 0) is 31.7 Å². The lowest BCUT2D eigenvalue weighted by molar-refractivity contribution is 0.0526. The normalized spacial score (nSPS) is 15.3. The molecule has 0 saturated heterocycles. The SMILES string of the molecule is CCOC(=O)c1ccc2c(c1)nc1n2CCN(CC)C1. The third-order valence-corrected chi connectivity index (χ3v) is 3.79. The first-order valence-electron chi connectivity index (χ1n) is 7.11. The molecular weight excluding hydrogens is 254 g/mol. The van der Waals surface area contributed by atoms with Crippen LogP contribution in [0.25, 0.3) is 11.0 Å². The Morgan fingerprint density at radius 2 is 2.20 bits per heavy atom. The van der Waals surface area contributed by atoms with Gasteiger partial charge in [0.2, 0.25) is 0 Å². The van der Waals surface area contributed by atoms with Gasteiger partial charge >= 0.3 is 5.97 Å². The van der Waals surface area contributed by atoms with Gasteiger partial charge in [-0.3, -0.25) is 4.90 Å². The van der Waals surface area contributed by atoms with Crippen LogP contribution in [-0.2, 0) is 17.8 Å². The molecule has 0 N–H and O–H groups in total. The molecule has 0 amide bonds. The third-order valence-electron chi connectivity index (χ3n) is 3.79. The predicted molar refractivity (Wildman–Crippen MR) is 76.6 cm³/mol. The number of rotatable bonds is 3. The van der Waals surface area contributed by atoms with E-state index < -0.39 is 0 Å². The second kappa shape index (κ2) is 5.25. The zero-order valence-electron chi connectivity index (χ0n) is 11.9. The molecule has 2 heterocycles. The van der Waals surface area contributed by atoms with Crippen molar-refractivity contribution < 1.29 is 9.53 Å². The first kappa shape index (κ1) is 13.1. The smallest absolute Gasteiger partial charge is 0.338 e. The van der Waals surface area contributed by atoms with Crippen molar-refractivity contribution in [3.63, 3.8) is 0 Å². The van der Waals surface area contributed by atoms with Gasteiger partial charge in [-0.1, -0.05) is 6.92 Å². The number of fused-ring (bicyclic) bond motifs is 3. The summed E-state index contributed by atoms with van der Waals surface area (Å²) in [7, 11) is 0. The number of ether oxygens (including phenoxy) is 1. The van der Waals surface area contributed by atoms with Crippen LogP contribution < -0.4 is 0 Å². The lowest BCUT2D eigenvalue weighted by Gasteiger charge is -2.26. The molecule has 20 heavy (non-hydrogen) atoms. The van der Waals surface area contributed by atoms with E-state index in [2.05, 4.69) is 21.4 Å². The summed E-state index contributed by atoms with van der Waals surface area (Å²) in [6.45, 7) is 8.29. The summed E-state index contributed by atoms with van der Waals surface area (Å²) in [5, 5.41) is 0. The van der Waals surface area contributed by atoms with Crippen molar-refractivity contribution in [2.24, 2.45) is 0 Å². The van der Waals surface area contributed by atoms with Gasteiger partial charge in [0.1, 0.15) is 5.82 Å². The number of aromatic nitrogens is 2. The molecule has 0 radical (unpaired) electrons. The van der Waals surface area contributed by atoms with Crippen molar-refractivity contribution in [1.29, 1.82) is 0 Å². The van der Waals surface area contributed by atoms with Gasteiger partial charge in [-0.25, -0.2) is 9.78 Å². The summed E-state index contributed by atoms with van der Waals surface area (Å²) in [5.74, 6) is 0.796. The third kappa shape index (κ3) is 2.18. The number of carbonyl (C=O) groups excluding carboxylic acids is 1. The number of hydrogen-bond acceptors (Lipinski definition) is 4. The van der Waals surface area contributed by atoms with E-state index in [0.29, 0.717) is 12.2 Å². The van der Waals surface area contributed by atoms with Gasteiger partial charge in [0.25, 0.3) is 0 Å². The Bertz CT molecular complexity index is 648. The highest BCUT2D eigenvalue weighted by Crippen LogP contribution is 2.22. The molecule has 5 heteroatoms. The second-order valence-corrected chi connectivity index (χ2v) is 4.97. The Morgan fingerprint density at radius 3 is 2.95 bits per heavy atom. The van der Waals surface area contributed by atoms with Crippen LogP contribution >= 0.6 is 0 Å². The fourth-order valence-electron chi connectivity index (χ4n) is 2.68. The molecule has 0 saturated carbocycles. The maximum atomic E-state index is 11.8. The van der Waals surface area contributed by atoms with Crippen molar-refractivity contribution in [3.05, 3.63) is 29.6 Å². The zero-order chi connectivity index (χ0) is 14.1. The van der Waals surface area contributed by atoms with Crippen LogP contribution in [0.3, 0.4) is 0 Å². The van der Waals surface area contributed by atoms with Crippen molar-refractivity contribution >= 4 is 17.0 Å². The lowest BCUT2D eigenvalue weighted by Crippen LogP contribution is -2.33. The topological polar surface area (TPSA) is 47.4 Å². The Morgan fingerprint density at radius 1 is 1.35 bits per heavy atom. The first-order valence-corrected chi connectivity index (χ1v) is 7.11. The molecular formula is C15H19N3O2. The average Bonchev–Trinajstić information content (AvgIpc) is 2.83. The second-order valence-electron chi connectivity index (χ2n) is 4.97. The maximum Gasteiger partial charge on any atom is 0.338 e. The van der Waals surface area contributed by atoms with Crippen LogP contribution in [0.2, 0.25) is 0 Å². The van der Waals surface area contributed by atoms with Gasteiger partial charge in [-0.2, -0.15) is 0 Å². The highest BCUT2D eigenvalue weighted by Gasteiger charge is 2.19. The monoisotopic (exact) mass is 273 g/mol. The number of esters is 1. The van der Waals surface area contributed by atoms with Crippen LogP contribution in [0.1, 0.15) is 30.0 Å². The Hall–Kier alpha value is -1.88. The van der Waals surface area contributed by atoms with Crippen molar-refractivity contribution in [3.8, 4) is 0 Å². The standard InChI is InChI=1S/C15H19N3O2/c1-3-17-7-8-18-13-6-5-11(15(19)20-4-2)9-12(13)16-14(18)10-17/h5-6,9H,3-4,7-8,10H2,1-2H3. The minimum atomic E-state index is -0.282. The predicted octanol–water partition coefficient (Wildman–Crippen LogP) is 2.05. The number of benzene rings is 1. The molecule has 1 aromatic carbocycles. The van der Waals surface area contributed by atoms with Gasteiger partial charge < -0.3 is 9.30 Å². The number of carbonyl (C=O) groups is 1. The van der Waals surface area contributed by atoms with E-state index in [0.717, 1.165) is 43.0 Å². The van der Waals surface area contributed by atoms with Crippen molar-refractivity contribution in [2.45, 2.75) is 26.9 Å². The Labute approximate surface area is 118 Å². The molecule has 3 rings (SSSR count). The van der Waals surface area contributed by atoms with E-state index in [4.69, 9.17) is 4.74 Å². The van der Waals surface area contributed by atoms with Crippen LogP contribution in [0.5, 0.6) is 0 Å². The maximum absolute atomic E-state index is 11.8. The molecule has 1 aliphatic heterocycles. The molecule has 2 aromatic rings. The molecule has 0 unspecified atom stereocenters. The number of imidazole rings is 1. The van der Waals surface area contributed by atoms with Gasteiger partial charge in [0.15, 0.2) is 0 Å². The molecule has 0 aliphatic carbocycles. The number of likely N-dealkylation sites (N-methyl/N-ethyl adjacent to an activating group) is 1. The quantitative estimate of drug-likeness (QED) is 0.803. The van der Waals surface area contributed by atoms with E-state index in [1.54, 1.807) is 0 Å². The summed E-state index contributed by atoms with van der Waals surface area (Å²) in [4.78, 5) is 18.8. The molecule has 0 fully saturated rings. The van der Waals surface area contributed by atoms with Gasteiger partial charge in [0, 0.05) is 13.1 Å². The molecule has 0 atom stereocenters. The number of hydrogen-bond donors (Lipinski definition) is 0. The Kier molecular flexibility index (Phi) is 3.44. The van der Waals surface area contributed by atoms with Crippen LogP contribution in [0.4, 0.5) is 0 Å². The molecule has 0 spiro atoms. The van der Waals surface area contributed by atoms with Crippen LogP contribution in [-0.4, -0.2) is 40.1 Å². The molecule has 1 aliphatic rings. The van der Waals surface area contributed by atoms with E-state index in [-0.39, 0.29) is 5.97 Å². The molecule has 5 nitrogen and oxygen atoms in total. The summed E-state index contributed by atoms with van der Waals surface area (Å²) >= 11 is 0. The van der Waals surface area contributed by atoms with E-state index in [9.17, 15) is 4.79 Å². The van der Waals surface area contributed by atoms with E-state index in [1.165, 1.54) is 0 Å². The van der Waals surface area contributed by atoms with Crippen LogP contribution in [0.15, 0.2) is 18.2 Å². The minimum Gasteiger partial charge on any atom is -0.462 e. The Balaban J connectivity index is 1.98. The summed E-state index contributed by atoms with van der Waals surface area (Å²) < 4.78 is 7.28. The molecule has 106 valence electrons. The van der Waals surface area contributed by atoms with E-state index >= 15 is 0 Å². The largest absolute Gasteiger partial charge is 0.462 e. The minimum absolute atomic E-state index is 0.282. The lowest BCUT2D eigenvalue weighted by atomic mass is 10.2. The average molecular weight is 273 g/mol. The highest BCUT2D eigenvalue weighted by atomic mass is 16.5. The summed E-state index contributed by atoms with van der Waals surface area (Å²) in [5.41, 5.74) is 2.55. The summed E-state index contributed by atoms with van der Waals surface area (Å²) in [6, 6.07) is 5.62. The highest BCUT2D eigenvalue weighted by molar-refractivity contribution is 5.93. The van der Waals surface area contributed by atoms with Crippen molar-refractivity contribution in [1.82, 2.24) is 14.5 Å². The zero-order valence-corrected chi connectivity index (χ0v) is 11.9. The summed E-state index contributed by atoms with van der Waals surface area (Å²) in [6.07, 6.45) is 0. The van der Waals surface area contributed by atoms with Gasteiger partial charge in [0.05, 0.1) is 29.7 Å². The fraction of sp³-hybridized carbons (Fsp3) is 0.467. The van der Waals surface area contributed by atoms with Crippen LogP contribution in [0, 0.1) is 0 Å². The van der Waals surface area contributed by atoms with Gasteiger partial charge in [-0.15, -0.1) is 0 Å². The van der Waals surface area contributed by atoms with E-state index in [1.807, 2.05) is 25.1 Å².